The number of hydrogen-bond acceptors (Lipinski definition) is 2. The van der Waals surface area contributed by atoms with Gasteiger partial charge in [0.15, 0.2) is 0 Å². The summed E-state index contributed by atoms with van der Waals surface area (Å²) in [7, 11) is 0. The van der Waals surface area contributed by atoms with Crippen LogP contribution in [0.1, 0.15) is 21.3 Å². The van der Waals surface area contributed by atoms with Gasteiger partial charge in [0.2, 0.25) is 0 Å². The van der Waals surface area contributed by atoms with Gasteiger partial charge in [-0.05, 0) is 11.6 Å². The molecule has 3 aromatic rings. The van der Waals surface area contributed by atoms with E-state index in [1.807, 2.05) is 60.0 Å². The number of rotatable bonds is 4. The Balaban J connectivity index is 1.70. The minimum absolute atomic E-state index is 0.0750. The lowest BCUT2D eigenvalue weighted by Crippen LogP contribution is -2.26. The van der Waals surface area contributed by atoms with E-state index in [-0.39, 0.29) is 11.3 Å². The number of amides is 1. The molecule has 0 aliphatic carbocycles. The zero-order valence-electron chi connectivity index (χ0n) is 11.3. The van der Waals surface area contributed by atoms with Gasteiger partial charge in [-0.25, -0.2) is 0 Å². The maximum atomic E-state index is 12.3. The molecule has 106 valence electrons. The fourth-order valence-corrected chi connectivity index (χ4v) is 3.37. The van der Waals surface area contributed by atoms with Crippen molar-refractivity contribution in [3.8, 4) is 0 Å². The standard InChI is InChI=1S/C17H14ClNOS/c18-15(12-6-2-1-3-7-12)10-19-17(20)14-11-21-16-9-5-4-8-13(14)16/h1-9,11,15H,10H2,(H,19,20). The Morgan fingerprint density at radius 1 is 1.10 bits per heavy atom. The third kappa shape index (κ3) is 3.09. The Labute approximate surface area is 132 Å². The summed E-state index contributed by atoms with van der Waals surface area (Å²) < 4.78 is 1.12. The number of halogens is 1. The lowest BCUT2D eigenvalue weighted by Gasteiger charge is -2.11. The van der Waals surface area contributed by atoms with Crippen LogP contribution in [0.25, 0.3) is 10.1 Å². The topological polar surface area (TPSA) is 29.1 Å². The first kappa shape index (κ1) is 14.1. The van der Waals surface area contributed by atoms with Crippen molar-refractivity contribution in [1.29, 1.82) is 0 Å². The molecule has 0 bridgehead atoms. The lowest BCUT2D eigenvalue weighted by atomic mass is 10.1. The monoisotopic (exact) mass is 315 g/mol. The predicted octanol–water partition coefficient (Wildman–Crippen LogP) is 4.61. The van der Waals surface area contributed by atoms with Crippen LogP contribution in [0.4, 0.5) is 0 Å². The summed E-state index contributed by atoms with van der Waals surface area (Å²) in [5.41, 5.74) is 1.72. The van der Waals surface area contributed by atoms with Gasteiger partial charge in [0.25, 0.3) is 5.91 Å². The number of hydrogen-bond donors (Lipinski definition) is 1. The van der Waals surface area contributed by atoms with Crippen molar-refractivity contribution in [2.75, 3.05) is 6.54 Å². The molecule has 3 rings (SSSR count). The highest BCUT2D eigenvalue weighted by molar-refractivity contribution is 7.17. The highest BCUT2D eigenvalue weighted by atomic mass is 35.5. The van der Waals surface area contributed by atoms with Crippen LogP contribution in [-0.4, -0.2) is 12.5 Å². The largest absolute Gasteiger partial charge is 0.350 e. The molecule has 1 amide bonds. The van der Waals surface area contributed by atoms with Gasteiger partial charge >= 0.3 is 0 Å². The molecule has 1 heterocycles. The predicted molar refractivity (Wildman–Crippen MR) is 89.2 cm³/mol. The average molecular weight is 316 g/mol. The number of alkyl halides is 1. The van der Waals surface area contributed by atoms with E-state index >= 15 is 0 Å². The summed E-state index contributed by atoms with van der Waals surface area (Å²) in [6.07, 6.45) is 0. The number of nitrogens with one attached hydrogen (secondary N) is 1. The minimum atomic E-state index is -0.222. The summed E-state index contributed by atoms with van der Waals surface area (Å²) >= 11 is 7.90. The molecule has 0 spiro atoms. The van der Waals surface area contributed by atoms with E-state index in [2.05, 4.69) is 5.32 Å². The quantitative estimate of drug-likeness (QED) is 0.700. The van der Waals surface area contributed by atoms with Crippen molar-refractivity contribution in [3.63, 3.8) is 0 Å². The van der Waals surface area contributed by atoms with Crippen LogP contribution in [0.3, 0.4) is 0 Å². The summed E-state index contributed by atoms with van der Waals surface area (Å²) in [4.78, 5) is 12.3. The third-order valence-electron chi connectivity index (χ3n) is 3.33. The first-order chi connectivity index (χ1) is 10.3. The molecular weight excluding hydrogens is 302 g/mol. The SMILES string of the molecule is O=C(NCC(Cl)c1ccccc1)c1csc2ccccc12. The zero-order valence-corrected chi connectivity index (χ0v) is 12.8. The van der Waals surface area contributed by atoms with Gasteiger partial charge in [0.1, 0.15) is 0 Å². The summed E-state index contributed by atoms with van der Waals surface area (Å²) in [5.74, 6) is -0.0750. The molecule has 1 atom stereocenters. The molecule has 0 aliphatic heterocycles. The van der Waals surface area contributed by atoms with E-state index < -0.39 is 0 Å². The molecule has 4 heteroatoms. The van der Waals surface area contributed by atoms with E-state index in [4.69, 9.17) is 11.6 Å². The van der Waals surface area contributed by atoms with E-state index in [1.54, 1.807) is 11.3 Å². The maximum absolute atomic E-state index is 12.3. The molecular formula is C17H14ClNOS. The van der Waals surface area contributed by atoms with Gasteiger partial charge in [-0.1, -0.05) is 48.5 Å². The molecule has 1 N–H and O–H groups in total. The molecule has 2 aromatic carbocycles. The number of fused-ring (bicyclic) bond motifs is 1. The maximum Gasteiger partial charge on any atom is 0.252 e. The second kappa shape index (κ2) is 6.29. The van der Waals surface area contributed by atoms with Crippen LogP contribution in [0.2, 0.25) is 0 Å². The van der Waals surface area contributed by atoms with Crippen molar-refractivity contribution in [3.05, 3.63) is 71.1 Å². The molecule has 21 heavy (non-hydrogen) atoms. The molecule has 0 radical (unpaired) electrons. The minimum Gasteiger partial charge on any atom is -0.350 e. The Kier molecular flexibility index (Phi) is 4.23. The van der Waals surface area contributed by atoms with E-state index in [0.29, 0.717) is 12.1 Å². The summed E-state index contributed by atoms with van der Waals surface area (Å²) in [5, 5.41) is 5.58. The molecule has 0 aliphatic rings. The highest BCUT2D eigenvalue weighted by Crippen LogP contribution is 2.26. The Bertz CT molecular complexity index is 754. The highest BCUT2D eigenvalue weighted by Gasteiger charge is 2.14. The van der Waals surface area contributed by atoms with Crippen LogP contribution in [-0.2, 0) is 0 Å². The zero-order chi connectivity index (χ0) is 14.7. The van der Waals surface area contributed by atoms with E-state index in [0.717, 1.165) is 15.6 Å². The van der Waals surface area contributed by atoms with Crippen molar-refractivity contribution >= 4 is 38.9 Å². The summed E-state index contributed by atoms with van der Waals surface area (Å²) in [6.45, 7) is 0.411. The van der Waals surface area contributed by atoms with Gasteiger partial charge in [-0.2, -0.15) is 0 Å². The van der Waals surface area contributed by atoms with Crippen LogP contribution in [0, 0.1) is 0 Å². The Morgan fingerprint density at radius 2 is 1.81 bits per heavy atom. The van der Waals surface area contributed by atoms with Gasteiger partial charge in [-0.3, -0.25) is 4.79 Å². The summed E-state index contributed by atoms with van der Waals surface area (Å²) in [6, 6.07) is 17.7. The lowest BCUT2D eigenvalue weighted by molar-refractivity contribution is 0.0955. The van der Waals surface area contributed by atoms with Crippen LogP contribution < -0.4 is 5.32 Å². The van der Waals surface area contributed by atoms with Crippen molar-refractivity contribution in [2.45, 2.75) is 5.38 Å². The number of carbonyl (C=O) groups excluding carboxylic acids is 1. The fraction of sp³-hybridized carbons (Fsp3) is 0.118. The Hall–Kier alpha value is -1.84. The van der Waals surface area contributed by atoms with Crippen molar-refractivity contribution in [1.82, 2.24) is 5.32 Å². The molecule has 2 nitrogen and oxygen atoms in total. The first-order valence-corrected chi connectivity index (χ1v) is 8.01. The average Bonchev–Trinajstić information content (AvgIpc) is 2.97. The van der Waals surface area contributed by atoms with E-state index in [9.17, 15) is 4.79 Å². The van der Waals surface area contributed by atoms with Crippen LogP contribution >= 0.6 is 22.9 Å². The number of thiophene rings is 1. The second-order valence-electron chi connectivity index (χ2n) is 4.73. The van der Waals surface area contributed by atoms with Crippen molar-refractivity contribution in [2.24, 2.45) is 0 Å². The first-order valence-electron chi connectivity index (χ1n) is 6.69. The molecule has 0 saturated heterocycles. The van der Waals surface area contributed by atoms with Gasteiger partial charge in [0, 0.05) is 22.0 Å². The number of carbonyl (C=O) groups is 1. The van der Waals surface area contributed by atoms with Gasteiger partial charge in [0.05, 0.1) is 10.9 Å². The normalized spacial score (nSPS) is 12.2. The number of benzene rings is 2. The molecule has 0 fully saturated rings. The van der Waals surface area contributed by atoms with E-state index in [1.165, 1.54) is 0 Å². The smallest absolute Gasteiger partial charge is 0.252 e. The molecule has 1 unspecified atom stereocenters. The molecule has 1 aromatic heterocycles. The third-order valence-corrected chi connectivity index (χ3v) is 4.70. The van der Waals surface area contributed by atoms with Crippen LogP contribution in [0.15, 0.2) is 60.0 Å². The van der Waals surface area contributed by atoms with Crippen LogP contribution in [0.5, 0.6) is 0 Å². The Morgan fingerprint density at radius 3 is 2.62 bits per heavy atom. The van der Waals surface area contributed by atoms with Crippen molar-refractivity contribution < 1.29 is 4.79 Å². The van der Waals surface area contributed by atoms with Gasteiger partial charge < -0.3 is 5.32 Å². The van der Waals surface area contributed by atoms with Gasteiger partial charge in [-0.15, -0.1) is 22.9 Å². The molecule has 0 saturated carbocycles. The second-order valence-corrected chi connectivity index (χ2v) is 6.17. The fourth-order valence-electron chi connectivity index (χ4n) is 2.21.